The van der Waals surface area contributed by atoms with Gasteiger partial charge in [-0.15, -0.1) is 0 Å². The third-order valence-corrected chi connectivity index (χ3v) is 4.88. The van der Waals surface area contributed by atoms with Crippen molar-refractivity contribution in [2.45, 2.75) is 38.8 Å². The van der Waals surface area contributed by atoms with Gasteiger partial charge in [-0.2, -0.15) is 0 Å². The van der Waals surface area contributed by atoms with Gasteiger partial charge in [-0.25, -0.2) is 0 Å². The van der Waals surface area contributed by atoms with Crippen LogP contribution in [0.2, 0.25) is 0 Å². The van der Waals surface area contributed by atoms with E-state index in [0.29, 0.717) is 31.1 Å². The van der Waals surface area contributed by atoms with E-state index < -0.39 is 6.04 Å². The third kappa shape index (κ3) is 5.85. The number of benzene rings is 1. The maximum Gasteiger partial charge on any atom is 0.237 e. The fourth-order valence-corrected chi connectivity index (χ4v) is 3.21. The molecule has 27 heavy (non-hydrogen) atoms. The zero-order chi connectivity index (χ0) is 19.8. The van der Waals surface area contributed by atoms with Crippen LogP contribution in [0.25, 0.3) is 0 Å². The molecule has 2 rings (SSSR count). The van der Waals surface area contributed by atoms with Crippen molar-refractivity contribution in [2.75, 3.05) is 40.9 Å². The second-order valence-electron chi connectivity index (χ2n) is 6.87. The van der Waals surface area contributed by atoms with E-state index in [0.717, 1.165) is 24.9 Å². The smallest absolute Gasteiger partial charge is 0.237 e. The number of rotatable bonds is 9. The molecule has 1 N–H and O–H groups in total. The molecule has 1 aliphatic heterocycles. The average molecular weight is 377 g/mol. The summed E-state index contributed by atoms with van der Waals surface area (Å²) in [6, 6.07) is 5.21. The van der Waals surface area contributed by atoms with Gasteiger partial charge in [0.25, 0.3) is 0 Å². The van der Waals surface area contributed by atoms with Gasteiger partial charge in [0, 0.05) is 39.3 Å². The molecule has 0 aromatic heterocycles. The Balaban J connectivity index is 2.11. The van der Waals surface area contributed by atoms with Crippen molar-refractivity contribution < 1.29 is 19.1 Å². The highest BCUT2D eigenvalue weighted by Gasteiger charge is 2.32. The van der Waals surface area contributed by atoms with Gasteiger partial charge in [0.05, 0.1) is 26.7 Å². The molecule has 7 nitrogen and oxygen atoms in total. The molecule has 1 unspecified atom stereocenters. The number of carbonyl (C=O) groups is 2. The van der Waals surface area contributed by atoms with Gasteiger partial charge in [-0.1, -0.05) is 13.3 Å². The van der Waals surface area contributed by atoms with E-state index >= 15 is 0 Å². The normalized spacial score (nSPS) is 17.3. The number of piperazine rings is 1. The molecule has 0 spiro atoms. The summed E-state index contributed by atoms with van der Waals surface area (Å²) in [7, 11) is 5.02. The van der Waals surface area contributed by atoms with E-state index in [-0.39, 0.29) is 18.2 Å². The predicted molar refractivity (Wildman–Crippen MR) is 104 cm³/mol. The third-order valence-electron chi connectivity index (χ3n) is 4.88. The molecule has 1 atom stereocenters. The van der Waals surface area contributed by atoms with Crippen LogP contribution < -0.4 is 14.8 Å². The van der Waals surface area contributed by atoms with E-state index in [9.17, 15) is 9.59 Å². The Labute approximate surface area is 161 Å². The first-order chi connectivity index (χ1) is 13.0. The van der Waals surface area contributed by atoms with Gasteiger partial charge < -0.3 is 19.7 Å². The van der Waals surface area contributed by atoms with Crippen molar-refractivity contribution in [2.24, 2.45) is 0 Å². The molecule has 1 aliphatic rings. The summed E-state index contributed by atoms with van der Waals surface area (Å²) >= 11 is 0. The lowest BCUT2D eigenvalue weighted by molar-refractivity contribution is -0.138. The second-order valence-corrected chi connectivity index (χ2v) is 6.87. The molecule has 2 amide bonds. The van der Waals surface area contributed by atoms with Crippen molar-refractivity contribution in [3.05, 3.63) is 23.8 Å². The summed E-state index contributed by atoms with van der Waals surface area (Å²) in [6.45, 7) is 4.64. The number of unbranched alkanes of at least 4 members (excludes halogenated alkanes) is 1. The molecular weight excluding hydrogens is 346 g/mol. The molecule has 150 valence electrons. The average Bonchev–Trinajstić information content (AvgIpc) is 2.68. The quantitative estimate of drug-likeness (QED) is 0.709. The van der Waals surface area contributed by atoms with Crippen LogP contribution in [0.15, 0.2) is 18.2 Å². The van der Waals surface area contributed by atoms with Crippen molar-refractivity contribution in [1.82, 2.24) is 15.1 Å². The fraction of sp³-hybridized carbons (Fsp3) is 0.600. The number of nitrogens with zero attached hydrogens (tertiary/aromatic N) is 2. The Bertz CT molecular complexity index is 628. The Kier molecular flexibility index (Phi) is 7.91. The number of amides is 2. The van der Waals surface area contributed by atoms with Crippen molar-refractivity contribution >= 4 is 11.8 Å². The van der Waals surface area contributed by atoms with Gasteiger partial charge in [-0.3, -0.25) is 14.5 Å². The van der Waals surface area contributed by atoms with E-state index in [2.05, 4.69) is 17.1 Å². The number of ether oxygens (including phenoxy) is 2. The van der Waals surface area contributed by atoms with Crippen LogP contribution in [0.3, 0.4) is 0 Å². The number of methoxy groups -OCH3 is 2. The van der Waals surface area contributed by atoms with Crippen molar-refractivity contribution in [3.8, 4) is 11.5 Å². The van der Waals surface area contributed by atoms with Crippen LogP contribution in [-0.2, 0) is 16.1 Å². The summed E-state index contributed by atoms with van der Waals surface area (Å²) < 4.78 is 10.7. The highest BCUT2D eigenvalue weighted by Crippen LogP contribution is 2.24. The molecule has 1 fully saturated rings. The Morgan fingerprint density at radius 3 is 2.52 bits per heavy atom. The maximum absolute atomic E-state index is 12.5. The molecule has 0 radical (unpaired) electrons. The number of hydrogen-bond acceptors (Lipinski definition) is 5. The zero-order valence-corrected chi connectivity index (χ0v) is 16.8. The Hall–Kier alpha value is -2.28. The Morgan fingerprint density at radius 1 is 1.26 bits per heavy atom. The molecule has 0 aliphatic carbocycles. The summed E-state index contributed by atoms with van der Waals surface area (Å²) in [5.41, 5.74) is 0.984. The molecule has 1 saturated heterocycles. The highest BCUT2D eigenvalue weighted by molar-refractivity contribution is 5.88. The lowest BCUT2D eigenvalue weighted by Gasteiger charge is -2.35. The fourth-order valence-electron chi connectivity index (χ4n) is 3.21. The van der Waals surface area contributed by atoms with E-state index in [1.165, 1.54) is 0 Å². The molecule has 1 heterocycles. The molecule has 1 aromatic rings. The van der Waals surface area contributed by atoms with Crippen molar-refractivity contribution in [1.29, 1.82) is 0 Å². The van der Waals surface area contributed by atoms with Crippen LogP contribution >= 0.6 is 0 Å². The number of carbonyl (C=O) groups excluding carboxylic acids is 2. The first-order valence-corrected chi connectivity index (χ1v) is 9.46. The molecule has 7 heteroatoms. The first-order valence-electron chi connectivity index (χ1n) is 9.46. The van der Waals surface area contributed by atoms with Crippen LogP contribution in [0, 0.1) is 0 Å². The van der Waals surface area contributed by atoms with Gasteiger partial charge in [0.1, 0.15) is 11.5 Å². The second kappa shape index (κ2) is 10.2. The number of hydrogen-bond donors (Lipinski definition) is 1. The van der Waals surface area contributed by atoms with Crippen LogP contribution in [0.4, 0.5) is 0 Å². The minimum absolute atomic E-state index is 0.00118. The lowest BCUT2D eigenvalue weighted by Crippen LogP contribution is -2.56. The highest BCUT2D eigenvalue weighted by atomic mass is 16.5. The zero-order valence-electron chi connectivity index (χ0n) is 16.8. The minimum atomic E-state index is -0.465. The van der Waals surface area contributed by atoms with Gasteiger partial charge in [-0.05, 0) is 24.1 Å². The van der Waals surface area contributed by atoms with Gasteiger partial charge in [0.15, 0.2) is 0 Å². The van der Waals surface area contributed by atoms with E-state index in [1.807, 2.05) is 18.2 Å². The minimum Gasteiger partial charge on any atom is -0.497 e. The van der Waals surface area contributed by atoms with E-state index in [1.54, 1.807) is 26.2 Å². The van der Waals surface area contributed by atoms with E-state index in [4.69, 9.17) is 9.47 Å². The monoisotopic (exact) mass is 377 g/mol. The summed E-state index contributed by atoms with van der Waals surface area (Å²) in [6.07, 6.45) is 2.19. The Morgan fingerprint density at radius 2 is 1.93 bits per heavy atom. The summed E-state index contributed by atoms with van der Waals surface area (Å²) in [5.74, 6) is 1.32. The van der Waals surface area contributed by atoms with Crippen LogP contribution in [-0.4, -0.2) is 68.6 Å². The first kappa shape index (κ1) is 21.0. The van der Waals surface area contributed by atoms with Gasteiger partial charge in [0.2, 0.25) is 11.8 Å². The summed E-state index contributed by atoms with van der Waals surface area (Å²) in [4.78, 5) is 28.8. The lowest BCUT2D eigenvalue weighted by atomic mass is 10.1. The maximum atomic E-state index is 12.5. The van der Waals surface area contributed by atoms with Crippen LogP contribution in [0.1, 0.15) is 31.7 Å². The van der Waals surface area contributed by atoms with Crippen LogP contribution in [0.5, 0.6) is 11.5 Å². The molecular formula is C20H31N3O4. The molecule has 0 saturated carbocycles. The molecule has 0 bridgehead atoms. The largest absolute Gasteiger partial charge is 0.497 e. The molecule has 1 aromatic carbocycles. The summed E-state index contributed by atoms with van der Waals surface area (Å²) in [5, 5.41) is 2.88. The van der Waals surface area contributed by atoms with Gasteiger partial charge >= 0.3 is 0 Å². The van der Waals surface area contributed by atoms with Crippen molar-refractivity contribution in [3.63, 3.8) is 0 Å². The topological polar surface area (TPSA) is 71.1 Å². The SMILES string of the molecule is CCCCN(C)C(=O)CC1C(=O)NCCN1Cc1cc(OC)cc(OC)c1. The number of nitrogens with one attached hydrogen (secondary N) is 1. The predicted octanol–water partition coefficient (Wildman–Crippen LogP) is 1.65. The standard InChI is InChI=1S/C20H31N3O4/c1-5-6-8-22(2)19(24)13-18-20(25)21-7-9-23(18)14-15-10-16(26-3)12-17(11-15)27-4/h10-12,18H,5-9,13-14H2,1-4H3,(H,21,25).